The lowest BCUT2D eigenvalue weighted by Gasteiger charge is -2.31. The summed E-state index contributed by atoms with van der Waals surface area (Å²) >= 11 is 0. The molecule has 0 N–H and O–H groups in total. The van der Waals surface area contributed by atoms with Gasteiger partial charge < -0.3 is 9.47 Å². The van der Waals surface area contributed by atoms with E-state index in [1.807, 2.05) is 52.0 Å². The van der Waals surface area contributed by atoms with Crippen LogP contribution in [0.25, 0.3) is 0 Å². The molecule has 0 radical (unpaired) electrons. The van der Waals surface area contributed by atoms with Crippen LogP contribution in [-0.2, 0) is 9.47 Å². The van der Waals surface area contributed by atoms with E-state index in [-0.39, 0.29) is 11.8 Å². The van der Waals surface area contributed by atoms with Crippen molar-refractivity contribution in [1.82, 2.24) is 0 Å². The van der Waals surface area contributed by atoms with Crippen LogP contribution >= 0.6 is 0 Å². The van der Waals surface area contributed by atoms with Gasteiger partial charge in [-0.3, -0.25) is 0 Å². The van der Waals surface area contributed by atoms with Crippen molar-refractivity contribution < 1.29 is 9.47 Å². The summed E-state index contributed by atoms with van der Waals surface area (Å²) in [5.74, 6) is -0.183. The van der Waals surface area contributed by atoms with Crippen LogP contribution in [0.1, 0.15) is 95.9 Å². The molecule has 0 aromatic carbocycles. The second-order valence-electron chi connectivity index (χ2n) is 13.5. The van der Waals surface area contributed by atoms with Gasteiger partial charge in [0.25, 0.3) is 0 Å². The third-order valence-electron chi connectivity index (χ3n) is 5.97. The third-order valence-corrected chi connectivity index (χ3v) is 5.97. The molecular formula is C32H52N12O2. The Labute approximate surface area is 276 Å². The molecule has 0 bridgehead atoms. The van der Waals surface area contributed by atoms with Gasteiger partial charge in [0.2, 0.25) is 0 Å². The zero-order chi connectivity index (χ0) is 36.9. The molecule has 0 spiro atoms. The van der Waals surface area contributed by atoms with Crippen LogP contribution in [0.4, 0.5) is 0 Å². The Hall–Kier alpha value is -4.34. The third kappa shape index (κ3) is 23.1. The predicted octanol–water partition coefficient (Wildman–Crippen LogP) is 7.43. The van der Waals surface area contributed by atoms with Crippen LogP contribution in [-0.4, -0.2) is 60.7 Å². The number of hydrogen-bond donors (Lipinski definition) is 0. The minimum atomic E-state index is -1.05. The Morgan fingerprint density at radius 2 is 0.783 bits per heavy atom. The molecule has 4 unspecified atom stereocenters. The normalized spacial score (nSPS) is 15.9. The molecule has 0 aliphatic heterocycles. The molecule has 0 rings (SSSR count). The minimum Gasteiger partial charge on any atom is -0.379 e. The van der Waals surface area contributed by atoms with Gasteiger partial charge in [0.1, 0.15) is 0 Å². The highest BCUT2D eigenvalue weighted by atomic mass is 16.5. The van der Waals surface area contributed by atoms with E-state index in [0.717, 1.165) is 0 Å². The molecule has 14 nitrogen and oxygen atoms in total. The van der Waals surface area contributed by atoms with E-state index in [9.17, 15) is 10.5 Å². The molecule has 252 valence electrons. The first-order valence-electron chi connectivity index (χ1n) is 14.7. The first-order valence-corrected chi connectivity index (χ1v) is 14.7. The topological polar surface area (TPSA) is 235 Å². The van der Waals surface area contributed by atoms with E-state index in [1.165, 1.54) is 0 Å². The van der Waals surface area contributed by atoms with Crippen LogP contribution in [0.15, 0.2) is 30.7 Å². The van der Waals surface area contributed by atoms with Crippen molar-refractivity contribution in [3.8, 4) is 36.4 Å². The number of rotatable bonds is 14. The van der Waals surface area contributed by atoms with Gasteiger partial charge in [-0.2, -0.15) is 62.3 Å². The van der Waals surface area contributed by atoms with Gasteiger partial charge >= 0.3 is 0 Å². The predicted molar refractivity (Wildman–Crippen MR) is 173 cm³/mol. The summed E-state index contributed by atoms with van der Waals surface area (Å²) in [5, 5.41) is 76.2. The van der Waals surface area contributed by atoms with Gasteiger partial charge in [-0.25, -0.2) is 0 Å². The number of hydrogen-bond acceptors (Lipinski definition) is 14. The number of nitriles is 6. The minimum absolute atomic E-state index is 0.0915. The fraction of sp³-hybridized carbons (Fsp3) is 0.812. The summed E-state index contributed by atoms with van der Waals surface area (Å²) in [6.07, 6.45) is 0.761. The summed E-state index contributed by atoms with van der Waals surface area (Å²) < 4.78 is 10.7. The number of methoxy groups -OCH3 is 2. The smallest absolute Gasteiger partial charge is 0.167 e. The molecule has 0 heterocycles. The van der Waals surface area contributed by atoms with E-state index in [4.69, 9.17) is 30.5 Å². The van der Waals surface area contributed by atoms with Crippen molar-refractivity contribution in [2.75, 3.05) is 27.3 Å². The second kappa shape index (κ2) is 20.6. The highest BCUT2D eigenvalue weighted by molar-refractivity contribution is 5.10. The number of ether oxygens (including phenoxy) is 2. The highest BCUT2D eigenvalue weighted by Gasteiger charge is 2.37. The van der Waals surface area contributed by atoms with Crippen molar-refractivity contribution in [2.24, 2.45) is 42.5 Å². The fourth-order valence-electron chi connectivity index (χ4n) is 2.95. The summed E-state index contributed by atoms with van der Waals surface area (Å²) in [5.41, 5.74) is -4.78. The summed E-state index contributed by atoms with van der Waals surface area (Å²) in [6, 6.07) is 12.4. The summed E-state index contributed by atoms with van der Waals surface area (Å²) in [4.78, 5) is 0. The molecule has 4 atom stereocenters. The molecule has 0 aliphatic rings. The molecule has 0 amide bonds. The lowest BCUT2D eigenvalue weighted by atomic mass is 9.88. The van der Waals surface area contributed by atoms with Crippen molar-refractivity contribution in [3.63, 3.8) is 0 Å². The van der Waals surface area contributed by atoms with Gasteiger partial charge in [-0.05, 0) is 83.1 Å². The van der Waals surface area contributed by atoms with Gasteiger partial charge in [0.15, 0.2) is 22.2 Å². The van der Waals surface area contributed by atoms with Crippen molar-refractivity contribution in [2.45, 2.75) is 129 Å². The van der Waals surface area contributed by atoms with Crippen molar-refractivity contribution >= 4 is 0 Å². The summed E-state index contributed by atoms with van der Waals surface area (Å²) in [7, 11) is 3.19. The van der Waals surface area contributed by atoms with Crippen LogP contribution in [0.5, 0.6) is 0 Å². The fourth-order valence-corrected chi connectivity index (χ4v) is 2.95. The van der Waals surface area contributed by atoms with E-state index in [2.05, 4.69) is 42.8 Å². The Balaban J connectivity index is -0.000000654. The van der Waals surface area contributed by atoms with Gasteiger partial charge in [0.05, 0.1) is 72.5 Å². The number of azo groups is 3. The van der Waals surface area contributed by atoms with E-state index in [1.54, 1.807) is 69.6 Å². The van der Waals surface area contributed by atoms with E-state index in [0.29, 0.717) is 25.9 Å². The Bertz CT molecular complexity index is 1180. The SMILES string of the molecule is CC(C#N)CN=NCC(C)C#N.CC(C)(C#N)N=NC(C)(C)C#N.COC(C)(C)CC(C)(C#N)N=NC(C)(C#N)CC(C)(C)OC. The van der Waals surface area contributed by atoms with Crippen LogP contribution < -0.4 is 0 Å². The highest BCUT2D eigenvalue weighted by Crippen LogP contribution is 2.30. The molecule has 0 aromatic rings. The Morgan fingerprint density at radius 1 is 0.500 bits per heavy atom. The Kier molecular flexibility index (Phi) is 20.7. The molecular weight excluding hydrogens is 584 g/mol. The first-order chi connectivity index (χ1) is 20.9. The maximum atomic E-state index is 9.43. The second-order valence-corrected chi connectivity index (χ2v) is 13.5. The lowest BCUT2D eigenvalue weighted by Crippen LogP contribution is -2.37. The van der Waals surface area contributed by atoms with Crippen LogP contribution in [0, 0.1) is 79.8 Å². The average Bonchev–Trinajstić information content (AvgIpc) is 3.01. The molecule has 0 aromatic heterocycles. The molecule has 0 saturated carbocycles. The molecule has 0 fully saturated rings. The first kappa shape index (κ1) is 46.1. The van der Waals surface area contributed by atoms with Crippen molar-refractivity contribution in [3.05, 3.63) is 0 Å². The molecule has 0 saturated heterocycles. The van der Waals surface area contributed by atoms with Crippen LogP contribution in [0.3, 0.4) is 0 Å². The van der Waals surface area contributed by atoms with Crippen LogP contribution in [0.2, 0.25) is 0 Å². The number of nitrogens with zero attached hydrogens (tertiary/aromatic N) is 12. The van der Waals surface area contributed by atoms with Crippen molar-refractivity contribution in [1.29, 1.82) is 31.6 Å². The summed E-state index contributed by atoms with van der Waals surface area (Å²) in [6.45, 7) is 21.9. The quantitative estimate of drug-likeness (QED) is 0.173. The maximum Gasteiger partial charge on any atom is 0.167 e. The Morgan fingerprint density at radius 3 is 0.978 bits per heavy atom. The molecule has 14 heteroatoms. The van der Waals surface area contributed by atoms with Gasteiger partial charge in [0, 0.05) is 27.1 Å². The lowest BCUT2D eigenvalue weighted by molar-refractivity contribution is 0.000704. The zero-order valence-electron chi connectivity index (χ0n) is 30.2. The van der Waals surface area contributed by atoms with E-state index >= 15 is 0 Å². The maximum absolute atomic E-state index is 9.43. The zero-order valence-corrected chi connectivity index (χ0v) is 30.2. The average molecular weight is 637 g/mol. The largest absolute Gasteiger partial charge is 0.379 e. The van der Waals surface area contributed by atoms with E-state index < -0.39 is 33.4 Å². The molecule has 0 aliphatic carbocycles. The molecule has 46 heavy (non-hydrogen) atoms. The van der Waals surface area contributed by atoms with Gasteiger partial charge in [-0.15, -0.1) is 0 Å². The monoisotopic (exact) mass is 636 g/mol. The standard InChI is InChI=1S/C16H28N4O2.2C8H12N4/c1-13(2,21-7)9-15(5,11-17)19-20-16(6,12-18)10-14(3,4)22-8;1-7(3-9)5-11-12-6-8(2)4-10;1-7(2,5-9)11-12-8(3,4)6-10/h9-10H2,1-8H3;7-8H,5-6H2,1-2H3;1-4H3. The van der Waals surface area contributed by atoms with Gasteiger partial charge in [-0.1, -0.05) is 0 Å².